The van der Waals surface area contributed by atoms with Crippen LogP contribution in [0.3, 0.4) is 0 Å². The third kappa shape index (κ3) is 3.82. The minimum Gasteiger partial charge on any atom is -0.363 e. The number of hydrogen-bond donors (Lipinski definition) is 1. The molecule has 1 aromatic rings. The van der Waals surface area contributed by atoms with Crippen molar-refractivity contribution in [3.8, 4) is 0 Å². The molecule has 1 N–H and O–H groups in total. The van der Waals surface area contributed by atoms with E-state index in [9.17, 15) is 0 Å². The number of aromatic nitrogens is 1. The van der Waals surface area contributed by atoms with E-state index in [4.69, 9.17) is 4.99 Å². The van der Waals surface area contributed by atoms with Gasteiger partial charge in [0.2, 0.25) is 0 Å². The molecule has 5 nitrogen and oxygen atoms in total. The van der Waals surface area contributed by atoms with Crippen molar-refractivity contribution in [2.24, 2.45) is 10.4 Å². The van der Waals surface area contributed by atoms with Gasteiger partial charge in [-0.2, -0.15) is 0 Å². The number of nitrogens with one attached hydrogen (secondary N) is 1. The predicted molar refractivity (Wildman–Crippen MR) is 100 cm³/mol. The largest absolute Gasteiger partial charge is 0.363 e. The van der Waals surface area contributed by atoms with Gasteiger partial charge in [0.15, 0.2) is 5.96 Å². The Hall–Kier alpha value is -1.78. The van der Waals surface area contributed by atoms with Gasteiger partial charge in [0, 0.05) is 39.9 Å². The maximum Gasteiger partial charge on any atom is 0.194 e. The van der Waals surface area contributed by atoms with Gasteiger partial charge in [-0.15, -0.1) is 0 Å². The van der Waals surface area contributed by atoms with Crippen molar-refractivity contribution in [3.63, 3.8) is 0 Å². The summed E-state index contributed by atoms with van der Waals surface area (Å²) in [6.07, 6.45) is 8.82. The average Bonchev–Trinajstić information content (AvgIpc) is 3.22. The number of hydrogen-bond acceptors (Lipinski definition) is 3. The second kappa shape index (κ2) is 7.41. The van der Waals surface area contributed by atoms with Crippen LogP contribution in [0.2, 0.25) is 0 Å². The second-order valence-electron chi connectivity index (χ2n) is 7.47. The van der Waals surface area contributed by atoms with Crippen LogP contribution in [0.4, 0.5) is 5.82 Å². The summed E-state index contributed by atoms with van der Waals surface area (Å²) >= 11 is 0. The Bertz CT molecular complexity index is 575. The third-order valence-corrected chi connectivity index (χ3v) is 5.42. The summed E-state index contributed by atoms with van der Waals surface area (Å²) in [6.45, 7) is 6.09. The van der Waals surface area contributed by atoms with Crippen molar-refractivity contribution in [1.82, 2.24) is 15.2 Å². The molecule has 0 unspecified atom stereocenters. The summed E-state index contributed by atoms with van der Waals surface area (Å²) in [5.74, 6) is 2.06. The molecule has 1 saturated carbocycles. The van der Waals surface area contributed by atoms with Crippen LogP contribution in [0.1, 0.15) is 44.6 Å². The van der Waals surface area contributed by atoms with E-state index >= 15 is 0 Å². The summed E-state index contributed by atoms with van der Waals surface area (Å²) in [6, 6.07) is 4.18. The van der Waals surface area contributed by atoms with E-state index in [0.29, 0.717) is 12.0 Å². The van der Waals surface area contributed by atoms with Crippen LogP contribution >= 0.6 is 0 Å². The first-order valence-corrected chi connectivity index (χ1v) is 9.27. The van der Waals surface area contributed by atoms with Gasteiger partial charge in [-0.05, 0) is 49.3 Å². The minimum atomic E-state index is 0.574. The van der Waals surface area contributed by atoms with Crippen LogP contribution in [0, 0.1) is 5.41 Å². The van der Waals surface area contributed by atoms with Gasteiger partial charge < -0.3 is 15.1 Å². The van der Waals surface area contributed by atoms with E-state index in [0.717, 1.165) is 24.9 Å². The lowest BCUT2D eigenvalue weighted by atomic mass is 9.86. The number of guanidine groups is 1. The zero-order valence-corrected chi connectivity index (χ0v) is 15.4. The Morgan fingerprint density at radius 2 is 2.12 bits per heavy atom. The summed E-state index contributed by atoms with van der Waals surface area (Å²) < 4.78 is 0. The number of rotatable bonds is 4. The third-order valence-electron chi connectivity index (χ3n) is 5.42. The standard InChI is InChI=1S/C19H31N5/c1-4-20-18(24-12-10-19(15-24)8-5-6-9-19)22-14-16-7-11-21-17(13-16)23(2)3/h7,11,13H,4-6,8-10,12,14-15H2,1-3H3,(H,20,22). The summed E-state index contributed by atoms with van der Waals surface area (Å²) in [7, 11) is 4.04. The lowest BCUT2D eigenvalue weighted by Gasteiger charge is -2.26. The van der Waals surface area contributed by atoms with Gasteiger partial charge in [0.05, 0.1) is 6.54 Å². The molecule has 3 rings (SSSR count). The topological polar surface area (TPSA) is 43.8 Å². The highest BCUT2D eigenvalue weighted by molar-refractivity contribution is 5.80. The zero-order valence-electron chi connectivity index (χ0n) is 15.4. The Kier molecular flexibility index (Phi) is 5.27. The quantitative estimate of drug-likeness (QED) is 0.681. The molecule has 0 atom stereocenters. The molecule has 1 aromatic heterocycles. The molecular formula is C19H31N5. The lowest BCUT2D eigenvalue weighted by Crippen LogP contribution is -2.41. The zero-order chi connectivity index (χ0) is 17.0. The van der Waals surface area contributed by atoms with Gasteiger partial charge in [0.25, 0.3) is 0 Å². The van der Waals surface area contributed by atoms with Gasteiger partial charge >= 0.3 is 0 Å². The molecule has 0 aromatic carbocycles. The van der Waals surface area contributed by atoms with Gasteiger partial charge in [-0.3, -0.25) is 0 Å². The van der Waals surface area contributed by atoms with Crippen LogP contribution in [0.5, 0.6) is 0 Å². The van der Waals surface area contributed by atoms with Crippen molar-refractivity contribution in [2.75, 3.05) is 38.6 Å². The molecule has 0 bridgehead atoms. The molecule has 1 aliphatic carbocycles. The first-order valence-electron chi connectivity index (χ1n) is 9.27. The van der Waals surface area contributed by atoms with E-state index in [1.165, 1.54) is 44.2 Å². The monoisotopic (exact) mass is 329 g/mol. The van der Waals surface area contributed by atoms with Crippen molar-refractivity contribution < 1.29 is 0 Å². The number of anilines is 1. The first kappa shape index (κ1) is 17.1. The fourth-order valence-electron chi connectivity index (χ4n) is 4.04. The Morgan fingerprint density at radius 3 is 2.83 bits per heavy atom. The fourth-order valence-corrected chi connectivity index (χ4v) is 4.04. The minimum absolute atomic E-state index is 0.574. The number of aliphatic imine (C=N–C) groups is 1. The van der Waals surface area contributed by atoms with E-state index in [2.05, 4.69) is 34.3 Å². The molecule has 1 aliphatic heterocycles. The number of nitrogens with zero attached hydrogens (tertiary/aromatic N) is 4. The smallest absolute Gasteiger partial charge is 0.194 e. The number of pyridine rings is 1. The normalized spacial score (nSPS) is 20.0. The van der Waals surface area contributed by atoms with Gasteiger partial charge in [-0.25, -0.2) is 9.98 Å². The molecule has 0 radical (unpaired) electrons. The fraction of sp³-hybridized carbons (Fsp3) is 0.684. The summed E-state index contributed by atoms with van der Waals surface area (Å²) in [5, 5.41) is 3.49. The predicted octanol–water partition coefficient (Wildman–Crippen LogP) is 2.88. The van der Waals surface area contributed by atoms with E-state index in [-0.39, 0.29) is 0 Å². The van der Waals surface area contributed by atoms with E-state index in [1.807, 2.05) is 25.2 Å². The molecular weight excluding hydrogens is 298 g/mol. The SMILES string of the molecule is CCNC(=NCc1ccnc(N(C)C)c1)N1CCC2(CCCC2)C1. The van der Waals surface area contributed by atoms with Crippen LogP contribution < -0.4 is 10.2 Å². The highest BCUT2D eigenvalue weighted by atomic mass is 15.3. The maximum atomic E-state index is 4.91. The second-order valence-corrected chi connectivity index (χ2v) is 7.47. The van der Waals surface area contributed by atoms with Crippen molar-refractivity contribution in [1.29, 1.82) is 0 Å². The Labute approximate surface area is 146 Å². The summed E-state index contributed by atoms with van der Waals surface area (Å²) in [4.78, 5) is 13.8. The Balaban J connectivity index is 1.69. The Morgan fingerprint density at radius 1 is 1.33 bits per heavy atom. The van der Waals surface area contributed by atoms with E-state index < -0.39 is 0 Å². The number of likely N-dealkylation sites (tertiary alicyclic amines) is 1. The highest BCUT2D eigenvalue weighted by Crippen LogP contribution is 2.45. The average molecular weight is 329 g/mol. The van der Waals surface area contributed by atoms with Crippen molar-refractivity contribution in [2.45, 2.75) is 45.6 Å². The van der Waals surface area contributed by atoms with Crippen LogP contribution in [0.25, 0.3) is 0 Å². The molecule has 5 heteroatoms. The van der Waals surface area contributed by atoms with E-state index in [1.54, 1.807) is 0 Å². The van der Waals surface area contributed by atoms with Crippen LogP contribution in [-0.4, -0.2) is 49.6 Å². The molecule has 132 valence electrons. The molecule has 2 aliphatic rings. The lowest BCUT2D eigenvalue weighted by molar-refractivity contribution is 0.309. The maximum absolute atomic E-state index is 4.91. The van der Waals surface area contributed by atoms with Gasteiger partial charge in [-0.1, -0.05) is 12.8 Å². The molecule has 1 spiro atoms. The first-order chi connectivity index (χ1) is 11.6. The molecule has 24 heavy (non-hydrogen) atoms. The highest BCUT2D eigenvalue weighted by Gasteiger charge is 2.41. The molecule has 0 amide bonds. The molecule has 2 heterocycles. The van der Waals surface area contributed by atoms with Crippen molar-refractivity contribution in [3.05, 3.63) is 23.9 Å². The van der Waals surface area contributed by atoms with Crippen molar-refractivity contribution >= 4 is 11.8 Å². The van der Waals surface area contributed by atoms with Gasteiger partial charge in [0.1, 0.15) is 5.82 Å². The van der Waals surface area contributed by atoms with Crippen LogP contribution in [0.15, 0.2) is 23.3 Å². The summed E-state index contributed by atoms with van der Waals surface area (Å²) in [5.41, 5.74) is 1.78. The molecule has 1 saturated heterocycles. The van der Waals surface area contributed by atoms with Crippen LogP contribution in [-0.2, 0) is 6.54 Å². The molecule has 2 fully saturated rings.